The van der Waals surface area contributed by atoms with E-state index in [9.17, 15) is 4.79 Å². The molecule has 0 saturated carbocycles. The summed E-state index contributed by atoms with van der Waals surface area (Å²) in [5.41, 5.74) is 0.485. The molecule has 1 aromatic rings. The highest BCUT2D eigenvalue weighted by Crippen LogP contribution is 2.08. The molecule has 78 valence electrons. The van der Waals surface area contributed by atoms with Crippen molar-refractivity contribution in [3.63, 3.8) is 0 Å². The van der Waals surface area contributed by atoms with Crippen molar-refractivity contribution in [1.82, 2.24) is 15.6 Å². The smallest absolute Gasteiger partial charge is 0.267 e. The zero-order valence-electron chi connectivity index (χ0n) is 8.23. The van der Waals surface area contributed by atoms with Crippen molar-refractivity contribution in [2.75, 3.05) is 13.6 Å². The molecule has 1 unspecified atom stereocenters. The van der Waals surface area contributed by atoms with Crippen LogP contribution in [0.5, 0.6) is 0 Å². The Kier molecular flexibility index (Phi) is 3.98. The molecule has 1 rings (SSSR count). The Bertz CT molecular complexity index is 311. The molecule has 0 saturated heterocycles. The summed E-state index contributed by atoms with van der Waals surface area (Å²) >= 11 is 5.67. The molecule has 0 spiro atoms. The minimum atomic E-state index is -0.140. The number of rotatable bonds is 4. The van der Waals surface area contributed by atoms with Crippen LogP contribution in [0.4, 0.5) is 0 Å². The molecule has 0 bridgehead atoms. The number of hydrogen-bond donors (Lipinski definition) is 3. The van der Waals surface area contributed by atoms with Crippen molar-refractivity contribution >= 4 is 17.5 Å². The highest BCUT2D eigenvalue weighted by Gasteiger charge is 2.08. The van der Waals surface area contributed by atoms with Crippen LogP contribution in [0.1, 0.15) is 17.4 Å². The monoisotopic (exact) mass is 215 g/mol. The fourth-order valence-corrected chi connectivity index (χ4v) is 1.11. The van der Waals surface area contributed by atoms with E-state index in [1.165, 1.54) is 0 Å². The molecule has 0 radical (unpaired) electrons. The molecule has 1 heterocycles. The number of aromatic amines is 1. The summed E-state index contributed by atoms with van der Waals surface area (Å²) in [5.74, 6) is -0.140. The predicted molar refractivity (Wildman–Crippen MR) is 56.7 cm³/mol. The number of aromatic nitrogens is 1. The normalized spacial score (nSPS) is 12.5. The van der Waals surface area contributed by atoms with Crippen LogP contribution in [-0.2, 0) is 0 Å². The third kappa shape index (κ3) is 3.05. The van der Waals surface area contributed by atoms with Gasteiger partial charge in [0.25, 0.3) is 5.91 Å². The lowest BCUT2D eigenvalue weighted by Crippen LogP contribution is -2.37. The number of halogens is 1. The summed E-state index contributed by atoms with van der Waals surface area (Å²) < 4.78 is 0. The predicted octanol–water partition coefficient (Wildman–Crippen LogP) is 1.01. The number of H-pyrrole nitrogens is 1. The molecule has 14 heavy (non-hydrogen) atoms. The summed E-state index contributed by atoms with van der Waals surface area (Å²) in [7, 11) is 1.85. The van der Waals surface area contributed by atoms with Crippen LogP contribution in [0.2, 0.25) is 5.02 Å². The zero-order valence-corrected chi connectivity index (χ0v) is 8.98. The molecule has 0 aliphatic carbocycles. The number of nitrogens with one attached hydrogen (secondary N) is 3. The van der Waals surface area contributed by atoms with Gasteiger partial charge in [-0.15, -0.1) is 0 Å². The van der Waals surface area contributed by atoms with Gasteiger partial charge >= 0.3 is 0 Å². The first-order chi connectivity index (χ1) is 6.63. The second kappa shape index (κ2) is 5.02. The lowest BCUT2D eigenvalue weighted by Gasteiger charge is -2.10. The van der Waals surface area contributed by atoms with Gasteiger partial charge in [-0.2, -0.15) is 0 Å². The van der Waals surface area contributed by atoms with E-state index in [2.05, 4.69) is 15.6 Å². The average molecular weight is 216 g/mol. The maximum Gasteiger partial charge on any atom is 0.267 e. The van der Waals surface area contributed by atoms with E-state index < -0.39 is 0 Å². The molecule has 1 atom stereocenters. The van der Waals surface area contributed by atoms with E-state index in [1.807, 2.05) is 14.0 Å². The lowest BCUT2D eigenvalue weighted by atomic mass is 10.3. The number of carbonyl (C=O) groups excluding carboxylic acids is 1. The van der Waals surface area contributed by atoms with Gasteiger partial charge in [-0.1, -0.05) is 11.6 Å². The molecule has 0 fully saturated rings. The third-order valence-electron chi connectivity index (χ3n) is 1.95. The van der Waals surface area contributed by atoms with Gasteiger partial charge < -0.3 is 15.6 Å². The third-order valence-corrected chi connectivity index (χ3v) is 2.17. The van der Waals surface area contributed by atoms with Crippen LogP contribution < -0.4 is 10.6 Å². The van der Waals surface area contributed by atoms with E-state index >= 15 is 0 Å². The van der Waals surface area contributed by atoms with Gasteiger partial charge in [0.1, 0.15) is 5.69 Å². The Morgan fingerprint density at radius 3 is 2.93 bits per heavy atom. The van der Waals surface area contributed by atoms with Gasteiger partial charge in [-0.25, -0.2) is 0 Å². The van der Waals surface area contributed by atoms with Crippen LogP contribution in [0.15, 0.2) is 12.3 Å². The van der Waals surface area contributed by atoms with E-state index in [4.69, 9.17) is 11.6 Å². The van der Waals surface area contributed by atoms with Crippen molar-refractivity contribution in [1.29, 1.82) is 0 Å². The zero-order chi connectivity index (χ0) is 10.6. The van der Waals surface area contributed by atoms with Gasteiger partial charge in [0.2, 0.25) is 0 Å². The molecule has 0 aromatic carbocycles. The van der Waals surface area contributed by atoms with Crippen LogP contribution in [0, 0.1) is 0 Å². The molecular formula is C9H14ClN3O. The molecule has 1 aromatic heterocycles. The maximum absolute atomic E-state index is 11.4. The van der Waals surface area contributed by atoms with Crippen molar-refractivity contribution in [2.45, 2.75) is 13.0 Å². The first-order valence-corrected chi connectivity index (χ1v) is 4.80. The van der Waals surface area contributed by atoms with Crippen molar-refractivity contribution in [2.24, 2.45) is 0 Å². The van der Waals surface area contributed by atoms with Crippen molar-refractivity contribution < 1.29 is 4.79 Å². The summed E-state index contributed by atoms with van der Waals surface area (Å²) in [6.07, 6.45) is 1.58. The molecular weight excluding hydrogens is 202 g/mol. The maximum atomic E-state index is 11.4. The molecule has 0 aliphatic rings. The quantitative estimate of drug-likeness (QED) is 0.702. The summed E-state index contributed by atoms with van der Waals surface area (Å²) in [6.45, 7) is 2.58. The Morgan fingerprint density at radius 2 is 2.43 bits per heavy atom. The van der Waals surface area contributed by atoms with Gasteiger partial charge in [0.05, 0.1) is 5.02 Å². The Morgan fingerprint density at radius 1 is 1.71 bits per heavy atom. The number of hydrogen-bond acceptors (Lipinski definition) is 2. The molecule has 3 N–H and O–H groups in total. The summed E-state index contributed by atoms with van der Waals surface area (Å²) in [6, 6.07) is 1.85. The fourth-order valence-electron chi connectivity index (χ4n) is 0.942. The Balaban J connectivity index is 2.43. The summed E-state index contributed by atoms with van der Waals surface area (Å²) in [4.78, 5) is 14.2. The Labute approximate surface area is 88.0 Å². The highest BCUT2D eigenvalue weighted by molar-refractivity contribution is 6.30. The first-order valence-electron chi connectivity index (χ1n) is 4.43. The van der Waals surface area contributed by atoms with E-state index in [-0.39, 0.29) is 11.9 Å². The number of carbonyl (C=O) groups is 1. The topological polar surface area (TPSA) is 56.9 Å². The molecule has 5 heteroatoms. The summed E-state index contributed by atoms with van der Waals surface area (Å²) in [5, 5.41) is 6.34. The second-order valence-corrected chi connectivity index (χ2v) is 3.57. The van der Waals surface area contributed by atoms with Crippen LogP contribution in [0.3, 0.4) is 0 Å². The number of amides is 1. The minimum Gasteiger partial charge on any atom is -0.356 e. The molecule has 4 nitrogen and oxygen atoms in total. The van der Waals surface area contributed by atoms with Crippen LogP contribution in [-0.4, -0.2) is 30.5 Å². The number of likely N-dealkylation sites (N-methyl/N-ethyl adjacent to an activating group) is 1. The van der Waals surface area contributed by atoms with Gasteiger partial charge in [0, 0.05) is 18.8 Å². The van der Waals surface area contributed by atoms with Crippen molar-refractivity contribution in [3.8, 4) is 0 Å². The van der Waals surface area contributed by atoms with Crippen molar-refractivity contribution in [3.05, 3.63) is 23.0 Å². The van der Waals surface area contributed by atoms with Crippen LogP contribution in [0.25, 0.3) is 0 Å². The first kappa shape index (κ1) is 11.1. The SMILES string of the molecule is CNC(C)CNC(=O)c1cc(Cl)c[nH]1. The average Bonchev–Trinajstić information content (AvgIpc) is 2.60. The van der Waals surface area contributed by atoms with Gasteiger partial charge in [0.15, 0.2) is 0 Å². The Hall–Kier alpha value is -1.00. The second-order valence-electron chi connectivity index (χ2n) is 3.13. The molecule has 1 amide bonds. The van der Waals surface area contributed by atoms with E-state index in [0.29, 0.717) is 17.3 Å². The highest BCUT2D eigenvalue weighted by atomic mass is 35.5. The lowest BCUT2D eigenvalue weighted by molar-refractivity contribution is 0.0946. The van der Waals surface area contributed by atoms with Crippen LogP contribution >= 0.6 is 11.6 Å². The van der Waals surface area contributed by atoms with E-state index in [0.717, 1.165) is 0 Å². The van der Waals surface area contributed by atoms with E-state index in [1.54, 1.807) is 12.3 Å². The van der Waals surface area contributed by atoms with Gasteiger partial charge in [-0.05, 0) is 20.0 Å². The standard InChI is InChI=1S/C9H14ClN3O/c1-6(11-2)4-13-9(14)8-3-7(10)5-12-8/h3,5-6,11-12H,4H2,1-2H3,(H,13,14). The fraction of sp³-hybridized carbons (Fsp3) is 0.444. The largest absolute Gasteiger partial charge is 0.356 e. The van der Waals surface area contributed by atoms with Gasteiger partial charge in [-0.3, -0.25) is 4.79 Å². The molecule has 0 aliphatic heterocycles. The minimum absolute atomic E-state index is 0.140.